The van der Waals surface area contributed by atoms with Gasteiger partial charge in [0.15, 0.2) is 0 Å². The van der Waals surface area contributed by atoms with Crippen LogP contribution < -0.4 is 4.90 Å². The van der Waals surface area contributed by atoms with Gasteiger partial charge in [-0.3, -0.25) is 9.59 Å². The van der Waals surface area contributed by atoms with Gasteiger partial charge in [0.1, 0.15) is 5.82 Å². The molecule has 1 aromatic carbocycles. The number of hydrogen-bond donors (Lipinski definition) is 0. The van der Waals surface area contributed by atoms with E-state index in [1.807, 2.05) is 0 Å². The third-order valence-corrected chi connectivity index (χ3v) is 3.11. The highest BCUT2D eigenvalue weighted by molar-refractivity contribution is 6.55. The van der Waals surface area contributed by atoms with Gasteiger partial charge in [-0.1, -0.05) is 11.6 Å². The molecule has 0 N–H and O–H groups in total. The van der Waals surface area contributed by atoms with Crippen LogP contribution in [0, 0.1) is 5.82 Å². The fourth-order valence-corrected chi connectivity index (χ4v) is 2.14. The summed E-state index contributed by atoms with van der Waals surface area (Å²) in [5.41, 5.74) is -0.0798. The molecule has 0 atom stereocenters. The number of hydrogen-bond acceptors (Lipinski definition) is 2. The van der Waals surface area contributed by atoms with Crippen molar-refractivity contribution in [3.63, 3.8) is 0 Å². The Morgan fingerprint density at radius 2 is 2.00 bits per heavy atom. The minimum atomic E-state index is -0.765. The van der Waals surface area contributed by atoms with E-state index in [-0.39, 0.29) is 22.8 Å². The zero-order chi connectivity index (χ0) is 12.6. The highest BCUT2D eigenvalue weighted by atomic mass is 35.5. The Hall–Kier alpha value is -1.13. The number of halogens is 3. The van der Waals surface area contributed by atoms with Gasteiger partial charge in [0, 0.05) is 12.4 Å². The quantitative estimate of drug-likeness (QED) is 0.628. The first-order valence-electron chi connectivity index (χ1n) is 4.98. The topological polar surface area (TPSA) is 37.4 Å². The second-order valence-corrected chi connectivity index (χ2v) is 4.37. The molecule has 0 spiro atoms. The second-order valence-electron chi connectivity index (χ2n) is 3.58. The average molecular weight is 276 g/mol. The van der Waals surface area contributed by atoms with Gasteiger partial charge in [-0.25, -0.2) is 4.39 Å². The summed E-state index contributed by atoms with van der Waals surface area (Å²) in [5.74, 6) is -1.82. The number of carbonyl (C=O) groups is 2. The molecular formula is C11H8Cl2FNO2. The largest absolute Gasteiger partial charge is 0.302 e. The maximum Gasteiger partial charge on any atom is 0.299 e. The number of benzene rings is 1. The normalized spacial score (nSPS) is 14.4. The van der Waals surface area contributed by atoms with Crippen molar-refractivity contribution in [2.75, 3.05) is 17.3 Å². The predicted molar refractivity (Wildman–Crippen MR) is 63.4 cm³/mol. The molecule has 2 rings (SSSR count). The van der Waals surface area contributed by atoms with Crippen molar-refractivity contribution in [2.24, 2.45) is 0 Å². The Morgan fingerprint density at radius 1 is 1.29 bits per heavy atom. The second kappa shape index (κ2) is 4.63. The molecular weight excluding hydrogens is 268 g/mol. The van der Waals surface area contributed by atoms with Crippen molar-refractivity contribution in [2.45, 2.75) is 6.42 Å². The van der Waals surface area contributed by atoms with Crippen LogP contribution in [-0.4, -0.2) is 24.1 Å². The van der Waals surface area contributed by atoms with Crippen LogP contribution in [0.2, 0.25) is 5.02 Å². The third-order valence-electron chi connectivity index (χ3n) is 2.53. The minimum Gasteiger partial charge on any atom is -0.302 e. The predicted octanol–water partition coefficient (Wildman–Crippen LogP) is 2.64. The van der Waals surface area contributed by atoms with Gasteiger partial charge in [0.2, 0.25) is 0 Å². The zero-order valence-electron chi connectivity index (χ0n) is 8.67. The van der Waals surface area contributed by atoms with Crippen LogP contribution in [0.15, 0.2) is 12.1 Å². The lowest BCUT2D eigenvalue weighted by molar-refractivity contribution is -0.114. The number of amides is 1. The summed E-state index contributed by atoms with van der Waals surface area (Å²) in [6.45, 7) is 0.207. The van der Waals surface area contributed by atoms with E-state index >= 15 is 0 Å². The summed E-state index contributed by atoms with van der Waals surface area (Å²) < 4.78 is 13.7. The average Bonchev–Trinajstić information content (AvgIpc) is 2.56. The maximum atomic E-state index is 13.7. The summed E-state index contributed by atoms with van der Waals surface area (Å²) >= 11 is 11.3. The van der Waals surface area contributed by atoms with Crippen molar-refractivity contribution in [3.8, 4) is 0 Å². The number of carbonyl (C=O) groups excluding carboxylic acids is 2. The molecule has 1 aliphatic rings. The van der Waals surface area contributed by atoms with E-state index in [0.717, 1.165) is 11.0 Å². The van der Waals surface area contributed by atoms with Gasteiger partial charge in [-0.2, -0.15) is 0 Å². The van der Waals surface area contributed by atoms with Gasteiger partial charge in [0.25, 0.3) is 11.7 Å². The molecule has 1 aromatic rings. The van der Waals surface area contributed by atoms with E-state index in [1.165, 1.54) is 6.07 Å². The zero-order valence-corrected chi connectivity index (χ0v) is 10.2. The van der Waals surface area contributed by atoms with E-state index in [9.17, 15) is 14.0 Å². The lowest BCUT2D eigenvalue weighted by Crippen LogP contribution is -2.31. The fourth-order valence-electron chi connectivity index (χ4n) is 1.78. The van der Waals surface area contributed by atoms with Gasteiger partial charge >= 0.3 is 0 Å². The first-order valence-corrected chi connectivity index (χ1v) is 5.89. The summed E-state index contributed by atoms with van der Waals surface area (Å²) in [6, 6.07) is 2.41. The number of ketones is 1. The van der Waals surface area contributed by atoms with Crippen LogP contribution in [0.1, 0.15) is 16.8 Å². The molecule has 0 aliphatic carbocycles. The molecule has 1 amide bonds. The van der Waals surface area contributed by atoms with Crippen LogP contribution in [0.5, 0.6) is 0 Å². The Bertz CT molecular complexity index is 504. The molecule has 0 bridgehead atoms. The molecule has 0 aromatic heterocycles. The van der Waals surface area contributed by atoms with E-state index in [1.54, 1.807) is 0 Å². The molecule has 0 radical (unpaired) electrons. The van der Waals surface area contributed by atoms with Crippen molar-refractivity contribution < 1.29 is 14.0 Å². The Labute approximate surface area is 107 Å². The maximum absolute atomic E-state index is 13.7. The van der Waals surface area contributed by atoms with Crippen LogP contribution >= 0.6 is 23.2 Å². The number of fused-ring (bicyclic) bond motifs is 1. The number of nitrogens with zero attached hydrogens (tertiary/aromatic N) is 1. The highest BCUT2D eigenvalue weighted by Crippen LogP contribution is 2.36. The van der Waals surface area contributed by atoms with Crippen LogP contribution in [0.25, 0.3) is 0 Å². The van der Waals surface area contributed by atoms with Crippen molar-refractivity contribution in [3.05, 3.63) is 28.5 Å². The van der Waals surface area contributed by atoms with Crippen molar-refractivity contribution in [1.82, 2.24) is 0 Å². The van der Waals surface area contributed by atoms with Gasteiger partial charge in [0.05, 0.1) is 16.3 Å². The molecule has 17 heavy (non-hydrogen) atoms. The lowest BCUT2D eigenvalue weighted by atomic mass is 10.1. The Kier molecular flexibility index (Phi) is 3.35. The molecule has 0 saturated heterocycles. The van der Waals surface area contributed by atoms with Crippen molar-refractivity contribution in [1.29, 1.82) is 0 Å². The monoisotopic (exact) mass is 275 g/mol. The van der Waals surface area contributed by atoms with Crippen LogP contribution in [0.4, 0.5) is 10.1 Å². The van der Waals surface area contributed by atoms with Gasteiger partial charge in [-0.05, 0) is 18.6 Å². The van der Waals surface area contributed by atoms with Crippen LogP contribution in [0.3, 0.4) is 0 Å². The summed E-state index contributed by atoms with van der Waals surface area (Å²) in [5, 5.41) is 0.0909. The van der Waals surface area contributed by atoms with Crippen molar-refractivity contribution >= 4 is 40.6 Å². The molecule has 0 saturated carbocycles. The smallest absolute Gasteiger partial charge is 0.299 e. The summed E-state index contributed by atoms with van der Waals surface area (Å²) in [6.07, 6.45) is 0.478. The Morgan fingerprint density at radius 3 is 2.65 bits per heavy atom. The van der Waals surface area contributed by atoms with E-state index in [4.69, 9.17) is 23.2 Å². The fraction of sp³-hybridized carbons (Fsp3) is 0.273. The molecule has 6 heteroatoms. The van der Waals surface area contributed by atoms with E-state index in [0.29, 0.717) is 12.3 Å². The first kappa shape index (κ1) is 12.3. The third kappa shape index (κ3) is 1.91. The molecule has 1 heterocycles. The number of Topliss-reactive ketones (excluding diaryl/α,β-unsaturated/α-hetero) is 1. The molecule has 0 unspecified atom stereocenters. The first-order chi connectivity index (χ1) is 8.07. The van der Waals surface area contributed by atoms with Gasteiger partial charge in [-0.15, -0.1) is 11.6 Å². The summed E-state index contributed by atoms with van der Waals surface area (Å²) in [4.78, 5) is 24.4. The number of anilines is 1. The SMILES string of the molecule is O=C1C(=O)N(CCCCl)c2c(F)ccc(Cl)c21. The number of rotatable bonds is 3. The standard InChI is InChI=1S/C11H8Cl2FNO2/c12-4-1-5-15-9-7(14)3-2-6(13)8(9)10(16)11(15)17/h2-3H,1,4-5H2. The molecule has 3 nitrogen and oxygen atoms in total. The molecule has 90 valence electrons. The molecule has 0 fully saturated rings. The van der Waals surface area contributed by atoms with Gasteiger partial charge < -0.3 is 4.90 Å². The number of alkyl halides is 1. The minimum absolute atomic E-state index is 0.0300. The summed E-state index contributed by atoms with van der Waals surface area (Å²) in [7, 11) is 0. The lowest BCUT2D eigenvalue weighted by Gasteiger charge is -2.16. The Balaban J connectivity index is 2.52. The van der Waals surface area contributed by atoms with E-state index < -0.39 is 17.5 Å². The molecule has 1 aliphatic heterocycles. The van der Waals surface area contributed by atoms with E-state index in [2.05, 4.69) is 0 Å². The highest BCUT2D eigenvalue weighted by Gasteiger charge is 2.39. The van der Waals surface area contributed by atoms with Crippen LogP contribution in [-0.2, 0) is 4.79 Å².